The number of aryl methyl sites for hydroxylation is 1. The van der Waals surface area contributed by atoms with Crippen LogP contribution in [0.15, 0.2) is 36.4 Å². The molecule has 0 saturated carbocycles. The van der Waals surface area contributed by atoms with Crippen molar-refractivity contribution in [3.8, 4) is 11.1 Å². The van der Waals surface area contributed by atoms with Gasteiger partial charge in [-0.15, -0.1) is 0 Å². The van der Waals surface area contributed by atoms with Crippen LogP contribution >= 0.6 is 11.6 Å². The Morgan fingerprint density at radius 2 is 1.80 bits per heavy atom. The lowest BCUT2D eigenvalue weighted by atomic mass is 9.94. The van der Waals surface area contributed by atoms with E-state index in [4.69, 9.17) is 27.1 Å². The number of hydrogen-bond acceptors (Lipinski definition) is 7. The number of fused-ring (bicyclic) bond motifs is 3. The van der Waals surface area contributed by atoms with Crippen LogP contribution in [0.5, 0.6) is 0 Å². The Morgan fingerprint density at radius 3 is 2.46 bits per heavy atom. The number of amides is 1. The summed E-state index contributed by atoms with van der Waals surface area (Å²) in [7, 11) is 3.09. The molecule has 1 aliphatic rings. The molecule has 2 aromatic carbocycles. The SMILES string of the molecule is COCc1nc2nc([C@H](Cc3cc(F)cc(F)c3)NC(=O)Cn3nc(C(F)(F)F)c4c3C(F)(F)[C@H](C)[C@@H]4C)c(-c3ccc(Cl)c4c(N)nn(C)c34)cc2[nH]1. The Balaban J connectivity index is 1.40. The van der Waals surface area contributed by atoms with Crippen molar-refractivity contribution in [1.82, 2.24) is 39.8 Å². The number of halogens is 8. The van der Waals surface area contributed by atoms with Crippen molar-refractivity contribution >= 4 is 45.4 Å². The summed E-state index contributed by atoms with van der Waals surface area (Å²) in [6.07, 6.45) is -5.40. The number of alkyl halides is 5. The predicted molar refractivity (Wildman–Crippen MR) is 183 cm³/mol. The molecule has 0 bridgehead atoms. The van der Waals surface area contributed by atoms with Crippen molar-refractivity contribution in [1.29, 1.82) is 0 Å². The van der Waals surface area contributed by atoms with Crippen LogP contribution in [0.2, 0.25) is 5.02 Å². The topological polar surface area (TPSA) is 142 Å². The van der Waals surface area contributed by atoms with E-state index >= 15 is 8.78 Å². The van der Waals surface area contributed by atoms with Crippen LogP contribution in [-0.2, 0) is 48.3 Å². The van der Waals surface area contributed by atoms with Crippen molar-refractivity contribution in [3.05, 3.63) is 87.1 Å². The largest absolute Gasteiger partial charge is 0.435 e. The molecule has 54 heavy (non-hydrogen) atoms. The van der Waals surface area contributed by atoms with Crippen molar-refractivity contribution in [3.63, 3.8) is 0 Å². The average Bonchev–Trinajstić information content (AvgIpc) is 3.79. The highest BCUT2D eigenvalue weighted by atomic mass is 35.5. The Labute approximate surface area is 306 Å². The number of pyridine rings is 1. The second kappa shape index (κ2) is 13.3. The first-order valence-electron chi connectivity index (χ1n) is 16.5. The molecule has 3 atom stereocenters. The third-order valence-corrected chi connectivity index (χ3v) is 10.1. The molecule has 1 amide bonds. The summed E-state index contributed by atoms with van der Waals surface area (Å²) in [6.45, 7) is 1.40. The molecule has 0 saturated heterocycles. The minimum Gasteiger partial charge on any atom is -0.382 e. The van der Waals surface area contributed by atoms with Gasteiger partial charge in [0.2, 0.25) is 5.91 Å². The molecule has 11 nitrogen and oxygen atoms in total. The molecule has 4 heterocycles. The number of imidazole rings is 1. The van der Waals surface area contributed by atoms with Crippen molar-refractivity contribution in [2.45, 2.75) is 57.5 Å². The molecular weight excluding hydrogens is 747 g/mol. The molecule has 4 N–H and O–H groups in total. The molecule has 7 rings (SSSR count). The quantitative estimate of drug-likeness (QED) is 0.131. The molecule has 6 aromatic rings. The number of nitrogens with zero attached hydrogens (tertiary/aromatic N) is 6. The van der Waals surface area contributed by atoms with E-state index in [2.05, 4.69) is 25.5 Å². The Morgan fingerprint density at radius 1 is 1.09 bits per heavy atom. The second-order valence-corrected chi connectivity index (χ2v) is 13.7. The highest BCUT2D eigenvalue weighted by Crippen LogP contribution is 2.55. The number of carbonyl (C=O) groups excluding carboxylic acids is 1. The number of rotatable bonds is 9. The Hall–Kier alpha value is -5.23. The number of hydrogen-bond donors (Lipinski definition) is 3. The van der Waals surface area contributed by atoms with Crippen molar-refractivity contribution in [2.24, 2.45) is 13.0 Å². The minimum atomic E-state index is -5.08. The molecular formula is C35H31ClF7N9O2. The maximum Gasteiger partial charge on any atom is 0.435 e. The number of methoxy groups -OCH3 is 1. The van der Waals surface area contributed by atoms with Gasteiger partial charge in [0.1, 0.15) is 36.3 Å². The van der Waals surface area contributed by atoms with Gasteiger partial charge in [-0.1, -0.05) is 31.5 Å². The average molecular weight is 778 g/mol. The first kappa shape index (κ1) is 37.1. The summed E-state index contributed by atoms with van der Waals surface area (Å²) in [6, 6.07) is 6.33. The monoisotopic (exact) mass is 777 g/mol. The maximum absolute atomic E-state index is 15.5. The molecule has 1 aliphatic carbocycles. The third kappa shape index (κ3) is 6.29. The van der Waals surface area contributed by atoms with E-state index in [-0.39, 0.29) is 40.8 Å². The van der Waals surface area contributed by atoms with Crippen LogP contribution in [0.3, 0.4) is 0 Å². The van der Waals surface area contributed by atoms with Gasteiger partial charge < -0.3 is 20.8 Å². The maximum atomic E-state index is 15.5. The van der Waals surface area contributed by atoms with E-state index in [9.17, 15) is 26.7 Å². The summed E-state index contributed by atoms with van der Waals surface area (Å²) in [4.78, 5) is 26.3. The van der Waals surface area contributed by atoms with Crippen LogP contribution in [0.4, 0.5) is 36.6 Å². The second-order valence-electron chi connectivity index (χ2n) is 13.3. The Kier molecular flexibility index (Phi) is 9.11. The lowest BCUT2D eigenvalue weighted by Gasteiger charge is -2.23. The zero-order valence-corrected chi connectivity index (χ0v) is 29.7. The summed E-state index contributed by atoms with van der Waals surface area (Å²) >= 11 is 6.52. The van der Waals surface area contributed by atoms with Gasteiger partial charge in [0.15, 0.2) is 17.2 Å². The normalized spacial score (nSPS) is 17.4. The van der Waals surface area contributed by atoms with Gasteiger partial charge in [0, 0.05) is 42.8 Å². The smallest absolute Gasteiger partial charge is 0.382 e. The number of aromatic amines is 1. The van der Waals surface area contributed by atoms with Gasteiger partial charge in [-0.2, -0.15) is 32.1 Å². The summed E-state index contributed by atoms with van der Waals surface area (Å²) in [5, 5.41) is 11.1. The fourth-order valence-corrected chi connectivity index (χ4v) is 7.49. The van der Waals surface area contributed by atoms with Crippen LogP contribution in [0.25, 0.3) is 33.2 Å². The van der Waals surface area contributed by atoms with Gasteiger partial charge >= 0.3 is 6.18 Å². The molecule has 4 aromatic heterocycles. The lowest BCUT2D eigenvalue weighted by molar-refractivity contribution is -0.143. The Bertz CT molecular complexity index is 2440. The van der Waals surface area contributed by atoms with Gasteiger partial charge in [-0.25, -0.2) is 18.7 Å². The van der Waals surface area contributed by atoms with Gasteiger partial charge in [0.25, 0.3) is 5.92 Å². The van der Waals surface area contributed by atoms with Crippen molar-refractivity contribution < 1.29 is 40.3 Å². The fraction of sp³-hybridized carbons (Fsp3) is 0.343. The van der Waals surface area contributed by atoms with Crippen LogP contribution in [0, 0.1) is 17.6 Å². The number of nitrogens with one attached hydrogen (secondary N) is 2. The first-order chi connectivity index (χ1) is 25.4. The molecule has 0 fully saturated rings. The first-order valence-corrected chi connectivity index (χ1v) is 16.9. The van der Waals surface area contributed by atoms with Gasteiger partial charge in [0.05, 0.1) is 33.2 Å². The third-order valence-electron chi connectivity index (χ3n) is 9.76. The fourth-order valence-electron chi connectivity index (χ4n) is 7.24. The van der Waals surface area contributed by atoms with E-state index < -0.39 is 71.0 Å². The van der Waals surface area contributed by atoms with Crippen LogP contribution in [0.1, 0.15) is 59.8 Å². The molecule has 284 valence electrons. The van der Waals surface area contributed by atoms with Gasteiger partial charge in [-0.3, -0.25) is 14.2 Å². The minimum absolute atomic E-state index is 0.0623. The number of nitrogens with two attached hydrogens (primary N) is 1. The zero-order chi connectivity index (χ0) is 39.0. The van der Waals surface area contributed by atoms with E-state index in [0.717, 1.165) is 19.1 Å². The van der Waals surface area contributed by atoms with Crippen LogP contribution in [-0.4, -0.2) is 47.5 Å². The lowest BCUT2D eigenvalue weighted by Crippen LogP contribution is -2.35. The van der Waals surface area contributed by atoms with E-state index in [1.807, 2.05) is 0 Å². The number of carbonyl (C=O) groups is 1. The van der Waals surface area contributed by atoms with E-state index in [0.29, 0.717) is 44.1 Å². The number of ether oxygens (including phenoxy) is 1. The highest BCUT2D eigenvalue weighted by Gasteiger charge is 2.57. The predicted octanol–water partition coefficient (Wildman–Crippen LogP) is 7.33. The summed E-state index contributed by atoms with van der Waals surface area (Å²) in [5.41, 5.74) is 5.01. The standard InChI is InChI=1S/C35H31ClF7N9O2/c1-14-15(2)34(39,40)31-26(14)30(35(41,42)43)49-52(31)12-25(53)46-22(9-16-7-17(37)10-18(38)8-16)28-20(11-23-33(48-28)47-24(45-23)13-54-4)19-5-6-21(36)27-29(19)51(3)50-32(27)44/h5-8,10-11,14-15,22H,9,12-13H2,1-4H3,(H2,44,50)(H,46,53)(H,45,47,48)/t14-,15+,22-/m0/s1. The van der Waals surface area contributed by atoms with Gasteiger partial charge in [-0.05, 0) is 42.2 Å². The summed E-state index contributed by atoms with van der Waals surface area (Å²) in [5.74, 6) is -8.84. The number of aromatic nitrogens is 7. The van der Waals surface area contributed by atoms with E-state index in [1.165, 1.54) is 18.7 Å². The highest BCUT2D eigenvalue weighted by molar-refractivity contribution is 6.37. The number of anilines is 1. The number of benzene rings is 2. The zero-order valence-electron chi connectivity index (χ0n) is 28.9. The summed E-state index contributed by atoms with van der Waals surface area (Å²) < 4.78 is 109. The molecule has 0 spiro atoms. The molecule has 0 aliphatic heterocycles. The van der Waals surface area contributed by atoms with Crippen molar-refractivity contribution in [2.75, 3.05) is 12.8 Å². The number of nitrogen functional groups attached to an aromatic ring is 1. The van der Waals surface area contributed by atoms with E-state index in [1.54, 1.807) is 25.2 Å². The molecule has 19 heteroatoms. The van der Waals surface area contributed by atoms with Crippen LogP contribution < -0.4 is 11.1 Å². The molecule has 0 unspecified atom stereocenters. The number of H-pyrrole nitrogens is 1. The molecule has 0 radical (unpaired) electrons.